The Labute approximate surface area is 214 Å². The molecule has 1 amide bonds. The number of hydrogen-bond acceptors (Lipinski definition) is 4. The summed E-state index contributed by atoms with van der Waals surface area (Å²) in [5.41, 5.74) is 3.54. The zero-order valence-corrected chi connectivity index (χ0v) is 21.5. The van der Waals surface area contributed by atoms with E-state index in [4.69, 9.17) is 23.2 Å². The van der Waals surface area contributed by atoms with Crippen molar-refractivity contribution in [1.82, 2.24) is 20.1 Å². The number of amides is 1. The molecular weight excluding hydrogens is 543 g/mol. The number of thioether (sulfide) groups is 1. The van der Waals surface area contributed by atoms with E-state index in [2.05, 4.69) is 49.6 Å². The molecule has 0 aliphatic heterocycles. The smallest absolute Gasteiger partial charge is 0.253 e. The van der Waals surface area contributed by atoms with Gasteiger partial charge in [-0.3, -0.25) is 9.36 Å². The van der Waals surface area contributed by atoms with Crippen LogP contribution in [0.3, 0.4) is 0 Å². The Hall–Kier alpha value is -2.32. The highest BCUT2D eigenvalue weighted by Gasteiger charge is 2.17. The minimum atomic E-state index is -0.328. The molecule has 0 aliphatic rings. The van der Waals surface area contributed by atoms with Gasteiger partial charge in [-0.05, 0) is 60.5 Å². The maximum Gasteiger partial charge on any atom is 0.253 e. The number of halogens is 3. The Balaban J connectivity index is 1.58. The minimum Gasteiger partial charge on any atom is -0.345 e. The van der Waals surface area contributed by atoms with E-state index in [1.54, 1.807) is 30.0 Å². The van der Waals surface area contributed by atoms with Crippen molar-refractivity contribution in [1.29, 1.82) is 0 Å². The summed E-state index contributed by atoms with van der Waals surface area (Å²) in [6.45, 7) is 2.21. The van der Waals surface area contributed by atoms with Gasteiger partial charge in [0, 0.05) is 20.9 Å². The molecule has 0 atom stereocenters. The van der Waals surface area contributed by atoms with Gasteiger partial charge >= 0.3 is 0 Å². The molecule has 168 valence electrons. The summed E-state index contributed by atoms with van der Waals surface area (Å²) in [5.74, 6) is 1.03. The molecule has 0 radical (unpaired) electrons. The number of rotatable bonds is 7. The van der Waals surface area contributed by atoms with Crippen LogP contribution in [0, 0.1) is 6.92 Å². The molecule has 0 spiro atoms. The molecule has 1 aromatic heterocycles. The first-order valence-electron chi connectivity index (χ1n) is 10.0. The van der Waals surface area contributed by atoms with E-state index in [1.165, 1.54) is 5.56 Å². The molecule has 0 saturated heterocycles. The van der Waals surface area contributed by atoms with E-state index in [9.17, 15) is 4.79 Å². The van der Waals surface area contributed by atoms with Crippen molar-refractivity contribution in [2.24, 2.45) is 0 Å². The molecule has 1 heterocycles. The second kappa shape index (κ2) is 10.7. The third-order valence-electron chi connectivity index (χ3n) is 4.82. The summed E-state index contributed by atoms with van der Waals surface area (Å²) in [6, 6.07) is 21.0. The summed E-state index contributed by atoms with van der Waals surface area (Å²) in [7, 11) is 0. The van der Waals surface area contributed by atoms with E-state index in [-0.39, 0.29) is 12.5 Å². The minimum absolute atomic E-state index is 0.182. The third kappa shape index (κ3) is 5.98. The summed E-state index contributed by atoms with van der Waals surface area (Å²) in [6.07, 6.45) is 0. The molecule has 0 unspecified atom stereocenters. The van der Waals surface area contributed by atoms with Gasteiger partial charge < -0.3 is 5.32 Å². The first-order valence-corrected chi connectivity index (χ1v) is 12.6. The first kappa shape index (κ1) is 23.8. The Kier molecular flexibility index (Phi) is 7.75. The van der Waals surface area contributed by atoms with Crippen LogP contribution in [0.2, 0.25) is 10.0 Å². The fourth-order valence-corrected chi connectivity index (χ4v) is 4.76. The van der Waals surface area contributed by atoms with Gasteiger partial charge in [-0.25, -0.2) is 0 Å². The van der Waals surface area contributed by atoms with Gasteiger partial charge in [0.25, 0.3) is 5.91 Å². The normalized spacial score (nSPS) is 10.9. The van der Waals surface area contributed by atoms with Crippen LogP contribution in [0.5, 0.6) is 0 Å². The van der Waals surface area contributed by atoms with E-state index in [1.807, 2.05) is 41.8 Å². The van der Waals surface area contributed by atoms with Gasteiger partial charge in [0.1, 0.15) is 0 Å². The van der Waals surface area contributed by atoms with Crippen molar-refractivity contribution < 1.29 is 4.79 Å². The van der Waals surface area contributed by atoms with E-state index in [0.717, 1.165) is 26.6 Å². The maximum absolute atomic E-state index is 12.7. The number of nitrogens with zero attached hydrogens (tertiary/aromatic N) is 3. The number of carbonyl (C=O) groups is 1. The van der Waals surface area contributed by atoms with Crippen molar-refractivity contribution in [3.05, 3.63) is 104 Å². The summed E-state index contributed by atoms with van der Waals surface area (Å²) < 4.78 is 3.01. The molecule has 1 N–H and O–H groups in total. The second-order valence-corrected chi connectivity index (χ2v) is 10.00. The molecule has 0 fully saturated rings. The molecule has 0 bridgehead atoms. The zero-order valence-electron chi connectivity index (χ0n) is 17.6. The van der Waals surface area contributed by atoms with Gasteiger partial charge in [-0.2, -0.15) is 0 Å². The van der Waals surface area contributed by atoms with Crippen LogP contribution in [-0.4, -0.2) is 20.7 Å². The van der Waals surface area contributed by atoms with Crippen molar-refractivity contribution in [3.63, 3.8) is 0 Å². The van der Waals surface area contributed by atoms with E-state index in [0.29, 0.717) is 21.4 Å². The van der Waals surface area contributed by atoms with Crippen LogP contribution in [0.15, 0.2) is 76.4 Å². The van der Waals surface area contributed by atoms with Crippen LogP contribution in [0.25, 0.3) is 5.69 Å². The lowest BCUT2D eigenvalue weighted by Crippen LogP contribution is -2.25. The predicted molar refractivity (Wildman–Crippen MR) is 137 cm³/mol. The predicted octanol–water partition coefficient (Wildman–Crippen LogP) is 6.87. The molecule has 33 heavy (non-hydrogen) atoms. The Morgan fingerprint density at radius 1 is 1.06 bits per heavy atom. The standard InChI is InChI=1S/C24H19BrCl2N4OS/c1-15-3-2-4-19(11-15)31-22(13-28-23(32)20-12-18(26)9-10-21(20)27)29-30-24(31)33-14-16-5-7-17(25)8-6-16/h2-12H,13-14H2,1H3,(H,28,32). The highest BCUT2D eigenvalue weighted by atomic mass is 79.9. The van der Waals surface area contributed by atoms with Gasteiger partial charge in [0.05, 0.1) is 17.1 Å². The largest absolute Gasteiger partial charge is 0.345 e. The summed E-state index contributed by atoms with van der Waals surface area (Å²) >= 11 is 17.2. The number of nitrogens with one attached hydrogen (secondary N) is 1. The van der Waals surface area contributed by atoms with Gasteiger partial charge in [-0.15, -0.1) is 10.2 Å². The van der Waals surface area contributed by atoms with E-state index >= 15 is 0 Å². The number of carbonyl (C=O) groups excluding carboxylic acids is 1. The SMILES string of the molecule is Cc1cccc(-n2c(CNC(=O)c3cc(Cl)ccc3Cl)nnc2SCc2ccc(Br)cc2)c1. The van der Waals surface area contributed by atoms with Gasteiger partial charge in [-0.1, -0.05) is 75.2 Å². The fraction of sp³-hybridized carbons (Fsp3) is 0.125. The fourth-order valence-electron chi connectivity index (χ4n) is 3.19. The zero-order chi connectivity index (χ0) is 23.4. The van der Waals surface area contributed by atoms with Crippen LogP contribution in [0.4, 0.5) is 0 Å². The van der Waals surface area contributed by atoms with Crippen molar-refractivity contribution in [3.8, 4) is 5.69 Å². The van der Waals surface area contributed by atoms with Crippen LogP contribution in [-0.2, 0) is 12.3 Å². The van der Waals surface area contributed by atoms with E-state index < -0.39 is 0 Å². The lowest BCUT2D eigenvalue weighted by molar-refractivity contribution is 0.0950. The van der Waals surface area contributed by atoms with Crippen molar-refractivity contribution in [2.75, 3.05) is 0 Å². The lowest BCUT2D eigenvalue weighted by Gasteiger charge is -2.12. The Morgan fingerprint density at radius 2 is 1.85 bits per heavy atom. The van der Waals surface area contributed by atoms with Crippen molar-refractivity contribution in [2.45, 2.75) is 24.4 Å². The highest BCUT2D eigenvalue weighted by molar-refractivity contribution is 9.10. The molecule has 3 aromatic carbocycles. The molecular formula is C24H19BrCl2N4OS. The number of benzene rings is 3. The molecule has 5 nitrogen and oxygen atoms in total. The monoisotopic (exact) mass is 560 g/mol. The van der Waals surface area contributed by atoms with Gasteiger partial charge in [0.15, 0.2) is 11.0 Å². The molecule has 0 aliphatic carbocycles. The molecule has 4 rings (SSSR count). The van der Waals surface area contributed by atoms with Gasteiger partial charge in [0.2, 0.25) is 0 Å². The summed E-state index contributed by atoms with van der Waals surface area (Å²) in [4.78, 5) is 12.7. The second-order valence-electron chi connectivity index (χ2n) is 7.30. The maximum atomic E-state index is 12.7. The number of aromatic nitrogens is 3. The topological polar surface area (TPSA) is 59.8 Å². The van der Waals surface area contributed by atoms with Crippen LogP contribution >= 0.6 is 50.9 Å². The average molecular weight is 562 g/mol. The Morgan fingerprint density at radius 3 is 2.61 bits per heavy atom. The lowest BCUT2D eigenvalue weighted by atomic mass is 10.2. The molecule has 0 saturated carbocycles. The summed E-state index contributed by atoms with van der Waals surface area (Å²) in [5, 5.41) is 13.2. The van der Waals surface area contributed by atoms with Crippen LogP contribution < -0.4 is 5.32 Å². The Bertz CT molecular complexity index is 1290. The van der Waals surface area contributed by atoms with Crippen molar-refractivity contribution >= 4 is 56.8 Å². The number of hydrogen-bond donors (Lipinski definition) is 1. The third-order valence-corrected chi connectivity index (χ3v) is 6.91. The van der Waals surface area contributed by atoms with Crippen LogP contribution in [0.1, 0.15) is 27.3 Å². The quantitative estimate of drug-likeness (QED) is 0.250. The molecule has 9 heteroatoms. The average Bonchev–Trinajstić information content (AvgIpc) is 3.21. The molecule has 4 aromatic rings. The highest BCUT2D eigenvalue weighted by Crippen LogP contribution is 2.27. The number of aryl methyl sites for hydroxylation is 1. The first-order chi connectivity index (χ1) is 15.9.